The summed E-state index contributed by atoms with van der Waals surface area (Å²) in [5.74, 6) is -0.464. The van der Waals surface area contributed by atoms with Crippen molar-refractivity contribution < 1.29 is 4.79 Å². The van der Waals surface area contributed by atoms with E-state index in [1.165, 1.54) is 29.1 Å². The number of carbonyl (C=O) groups is 1. The number of aromatic nitrogens is 2. The summed E-state index contributed by atoms with van der Waals surface area (Å²) in [5, 5.41) is 2.46. The fourth-order valence-corrected chi connectivity index (χ4v) is 2.24. The Labute approximate surface area is 130 Å². The van der Waals surface area contributed by atoms with Gasteiger partial charge >= 0.3 is 0 Å². The highest BCUT2D eigenvalue weighted by Gasteiger charge is 2.08. The van der Waals surface area contributed by atoms with Gasteiger partial charge in [0.15, 0.2) is 0 Å². The molecule has 0 aliphatic carbocycles. The van der Waals surface area contributed by atoms with Crippen molar-refractivity contribution in [1.29, 1.82) is 0 Å². The molecule has 0 aliphatic rings. The Morgan fingerprint density at radius 2 is 2.00 bits per heavy atom. The van der Waals surface area contributed by atoms with E-state index < -0.39 is 11.5 Å². The molecule has 0 saturated carbocycles. The molecule has 0 aromatic carbocycles. The van der Waals surface area contributed by atoms with E-state index in [1.54, 1.807) is 6.07 Å². The first-order chi connectivity index (χ1) is 9.45. The minimum Gasteiger partial charge on any atom is -0.326 e. The molecule has 0 bridgehead atoms. The van der Waals surface area contributed by atoms with Gasteiger partial charge < -0.3 is 14.9 Å². The second-order valence-corrected chi connectivity index (χ2v) is 5.75. The Hall–Kier alpha value is -1.67. The molecule has 2 rings (SSSR count). The molecule has 2 aromatic rings. The molecule has 1 amide bonds. The van der Waals surface area contributed by atoms with Crippen LogP contribution in [0.4, 0.5) is 5.69 Å². The van der Waals surface area contributed by atoms with Gasteiger partial charge in [0.05, 0.1) is 0 Å². The predicted octanol–water partition coefficient (Wildman–Crippen LogP) is 1.70. The van der Waals surface area contributed by atoms with Crippen LogP contribution in [0.25, 0.3) is 0 Å². The molecule has 20 heavy (non-hydrogen) atoms. The Morgan fingerprint density at radius 1 is 1.25 bits per heavy atom. The summed E-state index contributed by atoms with van der Waals surface area (Å²) < 4.78 is 2.56. The van der Waals surface area contributed by atoms with Crippen LogP contribution >= 0.6 is 31.9 Å². The van der Waals surface area contributed by atoms with Gasteiger partial charge in [0.25, 0.3) is 11.1 Å². The van der Waals surface area contributed by atoms with E-state index in [0.717, 1.165) is 0 Å². The highest BCUT2D eigenvalue weighted by atomic mass is 79.9. The van der Waals surface area contributed by atoms with Crippen molar-refractivity contribution in [1.82, 2.24) is 9.55 Å². The number of H-pyrrole nitrogens is 1. The van der Waals surface area contributed by atoms with Gasteiger partial charge in [-0.3, -0.25) is 14.4 Å². The van der Waals surface area contributed by atoms with Crippen molar-refractivity contribution in [3.63, 3.8) is 0 Å². The van der Waals surface area contributed by atoms with Crippen molar-refractivity contribution in [2.24, 2.45) is 0 Å². The van der Waals surface area contributed by atoms with Crippen molar-refractivity contribution in [3.05, 3.63) is 60.2 Å². The summed E-state index contributed by atoms with van der Waals surface area (Å²) in [5.41, 5.74) is -0.595. The second-order valence-electron chi connectivity index (χ2n) is 3.92. The SMILES string of the molecule is O=C(Cn1cc(Br)ccc1=O)Nc1cc(Br)c[nH]c1=O. The fraction of sp³-hybridized carbons (Fsp3) is 0.0833. The van der Waals surface area contributed by atoms with Gasteiger partial charge in [0, 0.05) is 27.4 Å². The molecule has 2 N–H and O–H groups in total. The number of aromatic amines is 1. The number of hydrogen-bond donors (Lipinski definition) is 2. The molecular weight excluding hydrogens is 394 g/mol. The summed E-state index contributed by atoms with van der Waals surface area (Å²) in [6, 6.07) is 4.43. The quantitative estimate of drug-likeness (QED) is 0.819. The van der Waals surface area contributed by atoms with Crippen LogP contribution < -0.4 is 16.4 Å². The van der Waals surface area contributed by atoms with Crippen LogP contribution in [0.15, 0.2) is 49.1 Å². The molecule has 0 saturated heterocycles. The van der Waals surface area contributed by atoms with Gasteiger partial charge in [-0.2, -0.15) is 0 Å². The Morgan fingerprint density at radius 3 is 2.75 bits per heavy atom. The van der Waals surface area contributed by atoms with Gasteiger partial charge in [0.1, 0.15) is 12.2 Å². The minimum absolute atomic E-state index is 0.118. The standard InChI is InChI=1S/C12H9Br2N3O3/c13-7-1-2-11(19)17(5-7)6-10(18)16-9-3-8(14)4-15-12(9)20/h1-5H,6H2,(H,15,20)(H,16,18). The predicted molar refractivity (Wildman–Crippen MR) is 81.8 cm³/mol. The number of hydrogen-bond acceptors (Lipinski definition) is 3. The first kappa shape index (κ1) is 14.7. The second kappa shape index (κ2) is 6.19. The van der Waals surface area contributed by atoms with Crippen LogP contribution in [0.5, 0.6) is 0 Å². The highest BCUT2D eigenvalue weighted by Crippen LogP contribution is 2.10. The van der Waals surface area contributed by atoms with Crippen molar-refractivity contribution in [2.45, 2.75) is 6.54 Å². The lowest BCUT2D eigenvalue weighted by Gasteiger charge is -2.07. The van der Waals surface area contributed by atoms with Crippen LogP contribution in [-0.4, -0.2) is 15.5 Å². The summed E-state index contributed by atoms with van der Waals surface area (Å²) in [7, 11) is 0. The van der Waals surface area contributed by atoms with E-state index in [1.807, 2.05) is 0 Å². The van der Waals surface area contributed by atoms with E-state index in [9.17, 15) is 14.4 Å². The lowest BCUT2D eigenvalue weighted by atomic mass is 10.4. The molecule has 2 heterocycles. The number of rotatable bonds is 3. The van der Waals surface area contributed by atoms with E-state index in [4.69, 9.17) is 0 Å². The van der Waals surface area contributed by atoms with Crippen molar-refractivity contribution in [3.8, 4) is 0 Å². The topological polar surface area (TPSA) is 84.0 Å². The third-order valence-electron chi connectivity index (χ3n) is 2.40. The average molecular weight is 403 g/mol. The summed E-state index contributed by atoms with van der Waals surface area (Å²) >= 11 is 6.41. The number of nitrogens with one attached hydrogen (secondary N) is 2. The summed E-state index contributed by atoms with van der Waals surface area (Å²) in [6.45, 7) is -0.176. The number of nitrogens with zero attached hydrogens (tertiary/aromatic N) is 1. The fourth-order valence-electron chi connectivity index (χ4n) is 1.52. The van der Waals surface area contributed by atoms with Crippen LogP contribution in [0.1, 0.15) is 0 Å². The number of pyridine rings is 2. The van der Waals surface area contributed by atoms with Gasteiger partial charge in [-0.25, -0.2) is 0 Å². The normalized spacial score (nSPS) is 10.3. The first-order valence-electron chi connectivity index (χ1n) is 5.50. The monoisotopic (exact) mass is 401 g/mol. The number of anilines is 1. The van der Waals surface area contributed by atoms with Gasteiger partial charge in [-0.05, 0) is 44.0 Å². The van der Waals surface area contributed by atoms with Gasteiger partial charge in [-0.15, -0.1) is 0 Å². The smallest absolute Gasteiger partial charge is 0.271 e. The largest absolute Gasteiger partial charge is 0.326 e. The average Bonchev–Trinajstić information content (AvgIpc) is 2.38. The highest BCUT2D eigenvalue weighted by molar-refractivity contribution is 9.10. The molecule has 0 fully saturated rings. The molecule has 0 spiro atoms. The molecule has 0 radical (unpaired) electrons. The number of amides is 1. The van der Waals surface area contributed by atoms with E-state index in [0.29, 0.717) is 8.95 Å². The third-order valence-corrected chi connectivity index (χ3v) is 3.33. The zero-order valence-corrected chi connectivity index (χ0v) is 13.2. The third kappa shape index (κ3) is 3.67. The Kier molecular flexibility index (Phi) is 4.56. The molecule has 6 nitrogen and oxygen atoms in total. The minimum atomic E-state index is -0.464. The molecule has 8 heteroatoms. The molecule has 0 unspecified atom stereocenters. The number of halogens is 2. The van der Waals surface area contributed by atoms with Gasteiger partial charge in [-0.1, -0.05) is 0 Å². The maximum atomic E-state index is 11.9. The maximum Gasteiger partial charge on any atom is 0.271 e. The van der Waals surface area contributed by atoms with E-state index >= 15 is 0 Å². The van der Waals surface area contributed by atoms with E-state index in [2.05, 4.69) is 42.2 Å². The van der Waals surface area contributed by atoms with Gasteiger partial charge in [0.2, 0.25) is 5.91 Å². The molecule has 104 valence electrons. The Bertz CT molecular complexity index is 704. The Balaban J connectivity index is 2.17. The van der Waals surface area contributed by atoms with E-state index in [-0.39, 0.29) is 17.8 Å². The zero-order chi connectivity index (χ0) is 14.7. The number of carbonyl (C=O) groups excluding carboxylic acids is 1. The van der Waals surface area contributed by atoms with Crippen molar-refractivity contribution >= 4 is 43.5 Å². The molecular formula is C12H9Br2N3O3. The lowest BCUT2D eigenvalue weighted by Crippen LogP contribution is -2.28. The van der Waals surface area contributed by atoms with Crippen molar-refractivity contribution in [2.75, 3.05) is 5.32 Å². The van der Waals surface area contributed by atoms with Crippen LogP contribution in [-0.2, 0) is 11.3 Å². The lowest BCUT2D eigenvalue weighted by molar-refractivity contribution is -0.116. The zero-order valence-electron chi connectivity index (χ0n) is 10.0. The maximum absolute atomic E-state index is 11.9. The molecule has 0 atom stereocenters. The van der Waals surface area contributed by atoms with Crippen LogP contribution in [0.2, 0.25) is 0 Å². The molecule has 0 aliphatic heterocycles. The summed E-state index contributed by atoms with van der Waals surface area (Å²) in [6.07, 6.45) is 2.98. The summed E-state index contributed by atoms with van der Waals surface area (Å²) in [4.78, 5) is 37.4. The van der Waals surface area contributed by atoms with Crippen LogP contribution in [0.3, 0.4) is 0 Å². The molecule has 2 aromatic heterocycles. The first-order valence-corrected chi connectivity index (χ1v) is 7.08. The van der Waals surface area contributed by atoms with Crippen LogP contribution in [0, 0.1) is 0 Å².